The van der Waals surface area contributed by atoms with Crippen molar-refractivity contribution in [2.75, 3.05) is 24.2 Å². The molecule has 4 rings (SSSR count). The lowest BCUT2D eigenvalue weighted by molar-refractivity contribution is -0.120. The number of hydrogen-bond donors (Lipinski definition) is 1. The van der Waals surface area contributed by atoms with E-state index in [1.54, 1.807) is 21.4 Å². The fourth-order valence-electron chi connectivity index (χ4n) is 5.19. The number of amides is 1. The molecule has 0 aliphatic carbocycles. The van der Waals surface area contributed by atoms with Gasteiger partial charge in [-0.05, 0) is 49.6 Å². The highest BCUT2D eigenvalue weighted by atomic mass is 32.2. The summed E-state index contributed by atoms with van der Waals surface area (Å²) in [6, 6.07) is 9.43. The molecule has 1 amide bonds. The quantitative estimate of drug-likeness (QED) is 0.485. The van der Waals surface area contributed by atoms with Gasteiger partial charge >= 0.3 is 5.69 Å². The number of hydrogen-bond acceptors (Lipinski definition) is 6. The van der Waals surface area contributed by atoms with Crippen LogP contribution in [0.25, 0.3) is 11.2 Å². The molecule has 0 saturated carbocycles. The van der Waals surface area contributed by atoms with Crippen LogP contribution in [-0.4, -0.2) is 47.8 Å². The Labute approximate surface area is 205 Å². The van der Waals surface area contributed by atoms with Crippen LogP contribution in [0, 0.1) is 6.92 Å². The predicted molar refractivity (Wildman–Crippen MR) is 137 cm³/mol. The first-order chi connectivity index (χ1) is 16.7. The number of aryl methyl sites for hydroxylation is 1. The van der Waals surface area contributed by atoms with Crippen molar-refractivity contribution >= 4 is 32.8 Å². The summed E-state index contributed by atoms with van der Waals surface area (Å²) in [7, 11) is -1.61. The van der Waals surface area contributed by atoms with Gasteiger partial charge in [0.1, 0.15) is 0 Å². The Morgan fingerprint density at radius 1 is 1.23 bits per heavy atom. The smallest absolute Gasteiger partial charge is 0.330 e. The monoisotopic (exact) mass is 499 g/mol. The van der Waals surface area contributed by atoms with Crippen LogP contribution < -0.4 is 15.3 Å². The first kappa shape index (κ1) is 25.0. The maximum Gasteiger partial charge on any atom is 0.330 e. The van der Waals surface area contributed by atoms with Gasteiger partial charge in [0.15, 0.2) is 5.65 Å². The van der Waals surface area contributed by atoms with Crippen LogP contribution in [-0.2, 0) is 21.4 Å². The number of benzene rings is 1. The number of likely N-dealkylation sites (N-methyl/N-ethyl adjacent to an activating group) is 1. The predicted octanol–water partition coefficient (Wildman–Crippen LogP) is 2.94. The van der Waals surface area contributed by atoms with Crippen LogP contribution in [0.5, 0.6) is 0 Å². The first-order valence-electron chi connectivity index (χ1n) is 12.1. The molecule has 9 nitrogen and oxygen atoms in total. The number of aromatic nitrogens is 3. The Bertz CT molecular complexity index is 1410. The van der Waals surface area contributed by atoms with E-state index in [0.717, 1.165) is 13.0 Å². The molecule has 0 spiro atoms. The Morgan fingerprint density at radius 2 is 2.00 bits per heavy atom. The molecule has 0 bridgehead atoms. The van der Waals surface area contributed by atoms with E-state index in [1.807, 2.05) is 19.1 Å². The van der Waals surface area contributed by atoms with Gasteiger partial charge in [0, 0.05) is 50.4 Å². The van der Waals surface area contributed by atoms with E-state index >= 15 is 0 Å². The van der Waals surface area contributed by atoms with E-state index in [2.05, 4.69) is 40.7 Å². The maximum absolute atomic E-state index is 13.8. The van der Waals surface area contributed by atoms with Crippen molar-refractivity contribution in [3.05, 3.63) is 58.1 Å². The van der Waals surface area contributed by atoms with Crippen LogP contribution in [0.4, 0.5) is 5.69 Å². The minimum absolute atomic E-state index is 0.114. The number of sulfonamides is 1. The highest BCUT2D eigenvalue weighted by Gasteiger charge is 2.31. The van der Waals surface area contributed by atoms with E-state index in [4.69, 9.17) is 0 Å². The van der Waals surface area contributed by atoms with Crippen molar-refractivity contribution in [1.29, 1.82) is 0 Å². The molecule has 2 aromatic heterocycles. The summed E-state index contributed by atoms with van der Waals surface area (Å²) in [6.07, 6.45) is 2.79. The molecule has 3 heterocycles. The molecule has 1 aliphatic rings. The molecule has 2 atom stereocenters. The molecule has 10 heteroatoms. The van der Waals surface area contributed by atoms with Crippen molar-refractivity contribution < 1.29 is 13.2 Å². The van der Waals surface area contributed by atoms with Gasteiger partial charge in [-0.3, -0.25) is 18.7 Å². The molecule has 35 heavy (non-hydrogen) atoms. The fraction of sp³-hybridized carbons (Fsp3) is 0.480. The van der Waals surface area contributed by atoms with Crippen molar-refractivity contribution in [3.8, 4) is 0 Å². The molecular formula is C25H33N5O4S. The summed E-state index contributed by atoms with van der Waals surface area (Å²) in [6.45, 7) is 6.83. The van der Waals surface area contributed by atoms with Crippen molar-refractivity contribution in [2.45, 2.75) is 58.5 Å². The third-order valence-electron chi connectivity index (χ3n) is 6.80. The molecule has 1 N–H and O–H groups in total. The van der Waals surface area contributed by atoms with Crippen LogP contribution in [0.15, 0.2) is 41.3 Å². The summed E-state index contributed by atoms with van der Waals surface area (Å²) in [4.78, 5) is 33.1. The Morgan fingerprint density at radius 3 is 2.71 bits per heavy atom. The van der Waals surface area contributed by atoms with Gasteiger partial charge in [-0.2, -0.15) is 0 Å². The van der Waals surface area contributed by atoms with Crippen LogP contribution >= 0.6 is 0 Å². The zero-order valence-electron chi connectivity index (χ0n) is 20.7. The molecule has 0 saturated heterocycles. The van der Waals surface area contributed by atoms with E-state index in [9.17, 15) is 18.0 Å². The Hall–Kier alpha value is -3.14. The van der Waals surface area contributed by atoms with Crippen molar-refractivity contribution in [2.24, 2.45) is 0 Å². The minimum Gasteiger partial charge on any atom is -0.374 e. The lowest BCUT2D eigenvalue weighted by atomic mass is 9.96. The van der Waals surface area contributed by atoms with E-state index < -0.39 is 22.0 Å². The number of fused-ring (bicyclic) bond motifs is 2. The number of rotatable bonds is 9. The fourth-order valence-corrected chi connectivity index (χ4v) is 5.76. The van der Waals surface area contributed by atoms with Crippen molar-refractivity contribution in [3.63, 3.8) is 0 Å². The molecule has 1 unspecified atom stereocenters. The number of nitrogens with one attached hydrogen (secondary N) is 1. The summed E-state index contributed by atoms with van der Waals surface area (Å²) in [5.41, 5.74) is 4.63. The SMILES string of the molecule is CCC[C@@H](CC(=O)NS(=O)(=O)CC)n1c(=O)n(CC2CN(C)c3cccc(C)c32)c2cccnc21. The van der Waals surface area contributed by atoms with E-state index in [1.165, 1.54) is 23.7 Å². The number of imidazole rings is 1. The topological polar surface area (TPSA) is 106 Å². The zero-order valence-corrected chi connectivity index (χ0v) is 21.5. The van der Waals surface area contributed by atoms with Crippen LogP contribution in [0.2, 0.25) is 0 Å². The second kappa shape index (κ2) is 9.85. The highest BCUT2D eigenvalue weighted by Crippen LogP contribution is 2.38. The lowest BCUT2D eigenvalue weighted by Gasteiger charge is -2.17. The standard InChI is InChI=1S/C25H33N5O4S/c1-5-9-19(14-22(31)27-35(33,34)6-2)30-24-21(12-8-13-26-24)29(25(30)32)16-18-15-28(4)20-11-7-10-17(3)23(18)20/h7-8,10-13,18-19H,5-6,9,14-16H2,1-4H3,(H,27,31)/t18?,19-/m0/s1. The number of carbonyl (C=O) groups is 1. The molecule has 0 fully saturated rings. The van der Waals surface area contributed by atoms with Crippen LogP contribution in [0.3, 0.4) is 0 Å². The number of carbonyl (C=O) groups excluding carboxylic acids is 1. The van der Waals surface area contributed by atoms with Gasteiger partial charge in [-0.15, -0.1) is 0 Å². The van der Waals surface area contributed by atoms with Gasteiger partial charge in [0.25, 0.3) is 0 Å². The average molecular weight is 500 g/mol. The van der Waals surface area contributed by atoms with Crippen molar-refractivity contribution in [1.82, 2.24) is 18.8 Å². The summed E-state index contributed by atoms with van der Waals surface area (Å²) < 4.78 is 29.2. The van der Waals surface area contributed by atoms with Gasteiger partial charge in [0.2, 0.25) is 15.9 Å². The lowest BCUT2D eigenvalue weighted by Crippen LogP contribution is -2.36. The Kier molecular flexibility index (Phi) is 7.02. The second-order valence-corrected chi connectivity index (χ2v) is 11.3. The minimum atomic E-state index is -3.67. The van der Waals surface area contributed by atoms with E-state index in [0.29, 0.717) is 24.1 Å². The van der Waals surface area contributed by atoms with Gasteiger partial charge in [-0.25, -0.2) is 18.2 Å². The highest BCUT2D eigenvalue weighted by molar-refractivity contribution is 7.90. The first-order valence-corrected chi connectivity index (χ1v) is 13.7. The summed E-state index contributed by atoms with van der Waals surface area (Å²) in [5, 5.41) is 0. The van der Waals surface area contributed by atoms with Gasteiger partial charge < -0.3 is 4.90 Å². The largest absolute Gasteiger partial charge is 0.374 e. The summed E-state index contributed by atoms with van der Waals surface area (Å²) >= 11 is 0. The molecule has 188 valence electrons. The normalized spacial score (nSPS) is 16.5. The maximum atomic E-state index is 13.8. The number of pyridine rings is 1. The van der Waals surface area contributed by atoms with Gasteiger partial charge in [-0.1, -0.05) is 25.5 Å². The number of anilines is 1. The molecule has 0 radical (unpaired) electrons. The Balaban J connectivity index is 1.74. The third kappa shape index (κ3) is 4.84. The zero-order chi connectivity index (χ0) is 25.3. The third-order valence-corrected chi connectivity index (χ3v) is 8.10. The van der Waals surface area contributed by atoms with E-state index in [-0.39, 0.29) is 23.8 Å². The molecule has 1 aliphatic heterocycles. The average Bonchev–Trinajstić information content (AvgIpc) is 3.28. The molecule has 3 aromatic rings. The second-order valence-electron chi connectivity index (χ2n) is 9.27. The molecular weight excluding hydrogens is 466 g/mol. The number of nitrogens with zero attached hydrogens (tertiary/aromatic N) is 4. The summed E-state index contributed by atoms with van der Waals surface area (Å²) in [5.74, 6) is -0.666. The van der Waals surface area contributed by atoms with Crippen LogP contribution in [0.1, 0.15) is 56.2 Å². The van der Waals surface area contributed by atoms with Gasteiger partial charge in [0.05, 0.1) is 11.3 Å². The molecule has 1 aromatic carbocycles.